The summed E-state index contributed by atoms with van der Waals surface area (Å²) in [5.74, 6) is -1.09. The molecule has 0 spiro atoms. The summed E-state index contributed by atoms with van der Waals surface area (Å²) in [6.07, 6.45) is 2.13. The first-order valence-corrected chi connectivity index (χ1v) is 10.3. The summed E-state index contributed by atoms with van der Waals surface area (Å²) in [5.41, 5.74) is 7.12. The number of amides is 2. The minimum atomic E-state index is -1.40. The number of benzene rings is 2. The number of carboxylic acids is 1. The Kier molecular flexibility index (Phi) is 8.01. The van der Waals surface area contributed by atoms with Gasteiger partial charge in [0.15, 0.2) is 5.54 Å². The number of carbonyl (C=O) groups is 2. The van der Waals surface area contributed by atoms with E-state index in [1.165, 1.54) is 0 Å². The Balaban J connectivity index is 2.36. The van der Waals surface area contributed by atoms with Gasteiger partial charge in [0.2, 0.25) is 0 Å². The molecule has 2 aromatic rings. The molecule has 1 atom stereocenters. The fourth-order valence-corrected chi connectivity index (χ4v) is 3.33. The molecule has 0 fully saturated rings. The highest BCUT2D eigenvalue weighted by molar-refractivity contribution is 5.95. The molecule has 166 valence electrons. The van der Waals surface area contributed by atoms with Crippen LogP contribution in [0.15, 0.2) is 42.5 Å². The van der Waals surface area contributed by atoms with Gasteiger partial charge in [0.25, 0.3) is 0 Å². The fourth-order valence-electron chi connectivity index (χ4n) is 3.33. The normalized spacial score (nSPS) is 12.5. The molecule has 8 heteroatoms. The zero-order valence-corrected chi connectivity index (χ0v) is 18.2. The van der Waals surface area contributed by atoms with Crippen molar-refractivity contribution in [2.24, 2.45) is 5.73 Å². The van der Waals surface area contributed by atoms with Crippen molar-refractivity contribution >= 4 is 29.2 Å². The van der Waals surface area contributed by atoms with Gasteiger partial charge in [-0.1, -0.05) is 26.3 Å². The maximum atomic E-state index is 12.4. The molecule has 2 rings (SSSR count). The zero-order chi connectivity index (χ0) is 23.0. The molecule has 0 radical (unpaired) electrons. The SMILES string of the molecule is CCCCNC(=O)Nc1cc(C)cc(C(CC)(Nc2ccc(C(=N)N)cc2)C(=O)O)c1. The number of aliphatic carboxylic acids is 1. The monoisotopic (exact) mass is 425 g/mol. The lowest BCUT2D eigenvalue weighted by atomic mass is 9.85. The first-order chi connectivity index (χ1) is 14.7. The van der Waals surface area contributed by atoms with E-state index in [1.807, 2.05) is 13.8 Å². The van der Waals surface area contributed by atoms with Gasteiger partial charge in [-0.2, -0.15) is 0 Å². The molecule has 0 aliphatic rings. The highest BCUT2D eigenvalue weighted by Gasteiger charge is 2.39. The number of unbranched alkanes of at least 4 members (excludes halogenated alkanes) is 1. The molecule has 0 heterocycles. The van der Waals surface area contributed by atoms with Crippen molar-refractivity contribution in [3.05, 3.63) is 59.2 Å². The summed E-state index contributed by atoms with van der Waals surface area (Å²) in [6, 6.07) is 11.7. The number of urea groups is 1. The second-order valence-electron chi connectivity index (χ2n) is 7.50. The molecule has 8 nitrogen and oxygen atoms in total. The van der Waals surface area contributed by atoms with Crippen LogP contribution in [-0.4, -0.2) is 29.5 Å². The number of carbonyl (C=O) groups excluding carboxylic acids is 1. The number of hydrogen-bond acceptors (Lipinski definition) is 4. The molecule has 2 aromatic carbocycles. The van der Waals surface area contributed by atoms with Crippen LogP contribution in [0.25, 0.3) is 0 Å². The largest absolute Gasteiger partial charge is 0.479 e. The summed E-state index contributed by atoms with van der Waals surface area (Å²) in [5, 5.41) is 26.4. The standard InChI is InChI=1S/C23H31N5O3/c1-4-6-11-26-22(31)27-19-13-15(3)12-17(14-19)23(5-2,21(29)30)28-18-9-7-16(8-10-18)20(24)25/h7-10,12-14,28H,4-6,11H2,1-3H3,(H3,24,25)(H,29,30)(H2,26,27,31). The van der Waals surface area contributed by atoms with Gasteiger partial charge in [-0.15, -0.1) is 0 Å². The van der Waals surface area contributed by atoms with Crippen molar-refractivity contribution in [1.82, 2.24) is 5.32 Å². The van der Waals surface area contributed by atoms with Crippen molar-refractivity contribution in [1.29, 1.82) is 5.41 Å². The quantitative estimate of drug-likeness (QED) is 0.194. The summed E-state index contributed by atoms with van der Waals surface area (Å²) in [4.78, 5) is 24.6. The number of nitrogen functional groups attached to an aromatic ring is 1. The maximum absolute atomic E-state index is 12.4. The van der Waals surface area contributed by atoms with Crippen molar-refractivity contribution in [3.8, 4) is 0 Å². The third-order valence-electron chi connectivity index (χ3n) is 5.09. The van der Waals surface area contributed by atoms with Crippen LogP contribution in [0.4, 0.5) is 16.2 Å². The lowest BCUT2D eigenvalue weighted by Gasteiger charge is -2.32. The predicted octanol–water partition coefficient (Wildman–Crippen LogP) is 4.00. The Labute approximate surface area is 182 Å². The highest BCUT2D eigenvalue weighted by atomic mass is 16.4. The van der Waals surface area contributed by atoms with Gasteiger partial charge in [-0.05, 0) is 67.3 Å². The second kappa shape index (κ2) is 10.5. The molecular weight excluding hydrogens is 394 g/mol. The molecule has 0 saturated carbocycles. The third kappa shape index (κ3) is 5.97. The van der Waals surface area contributed by atoms with Crippen LogP contribution in [0.1, 0.15) is 49.8 Å². The molecule has 0 aromatic heterocycles. The molecule has 0 aliphatic heterocycles. The van der Waals surface area contributed by atoms with E-state index in [-0.39, 0.29) is 18.3 Å². The van der Waals surface area contributed by atoms with E-state index >= 15 is 0 Å². The lowest BCUT2D eigenvalue weighted by molar-refractivity contribution is -0.142. The van der Waals surface area contributed by atoms with E-state index < -0.39 is 11.5 Å². The number of aryl methyl sites for hydroxylation is 1. The summed E-state index contributed by atoms with van der Waals surface area (Å²) in [7, 11) is 0. The molecule has 31 heavy (non-hydrogen) atoms. The topological polar surface area (TPSA) is 140 Å². The smallest absolute Gasteiger partial charge is 0.334 e. The van der Waals surface area contributed by atoms with Crippen molar-refractivity contribution in [3.63, 3.8) is 0 Å². The van der Waals surface area contributed by atoms with Crippen molar-refractivity contribution in [2.45, 2.75) is 45.6 Å². The fraction of sp³-hybridized carbons (Fsp3) is 0.348. The van der Waals surface area contributed by atoms with Gasteiger partial charge in [-0.3, -0.25) is 5.41 Å². The number of hydrogen-bond donors (Lipinski definition) is 6. The third-order valence-corrected chi connectivity index (χ3v) is 5.09. The number of rotatable bonds is 10. The molecule has 7 N–H and O–H groups in total. The van der Waals surface area contributed by atoms with Crippen LogP contribution >= 0.6 is 0 Å². The summed E-state index contributed by atoms with van der Waals surface area (Å²) >= 11 is 0. The number of amidine groups is 1. The Morgan fingerprint density at radius 3 is 2.32 bits per heavy atom. The van der Waals surface area contributed by atoms with Gasteiger partial charge in [0.05, 0.1) is 0 Å². The van der Waals surface area contributed by atoms with E-state index in [4.69, 9.17) is 11.1 Å². The molecule has 0 aliphatic carbocycles. The predicted molar refractivity (Wildman–Crippen MR) is 124 cm³/mol. The first-order valence-electron chi connectivity index (χ1n) is 10.3. The van der Waals surface area contributed by atoms with E-state index in [9.17, 15) is 14.7 Å². The minimum absolute atomic E-state index is 0.0573. The Hall–Kier alpha value is -3.55. The number of nitrogens with two attached hydrogens (primary N) is 1. The van der Waals surface area contributed by atoms with Crippen molar-refractivity contribution in [2.75, 3.05) is 17.2 Å². The van der Waals surface area contributed by atoms with Crippen LogP contribution in [0, 0.1) is 12.3 Å². The summed E-state index contributed by atoms with van der Waals surface area (Å²) in [6.45, 7) is 6.27. The van der Waals surface area contributed by atoms with Gasteiger partial charge in [0.1, 0.15) is 5.84 Å². The summed E-state index contributed by atoms with van der Waals surface area (Å²) < 4.78 is 0. The van der Waals surface area contributed by atoms with Gasteiger partial charge < -0.3 is 26.8 Å². The van der Waals surface area contributed by atoms with Gasteiger partial charge in [0, 0.05) is 23.5 Å². The molecule has 0 saturated heterocycles. The lowest BCUT2D eigenvalue weighted by Crippen LogP contribution is -2.43. The molecule has 1 unspecified atom stereocenters. The van der Waals surface area contributed by atoms with E-state index in [2.05, 4.69) is 16.0 Å². The average molecular weight is 426 g/mol. The van der Waals surface area contributed by atoms with Crippen molar-refractivity contribution < 1.29 is 14.7 Å². The maximum Gasteiger partial charge on any atom is 0.334 e. The molecule has 2 amide bonds. The Bertz CT molecular complexity index is 943. The number of carboxylic acid groups (broad SMARTS) is 1. The van der Waals surface area contributed by atoms with Gasteiger partial charge >= 0.3 is 12.0 Å². The zero-order valence-electron chi connectivity index (χ0n) is 18.2. The first kappa shape index (κ1) is 23.7. The second-order valence-corrected chi connectivity index (χ2v) is 7.50. The van der Waals surface area contributed by atoms with Crippen LogP contribution < -0.4 is 21.7 Å². The van der Waals surface area contributed by atoms with E-state index in [0.717, 1.165) is 18.4 Å². The molecular formula is C23H31N5O3. The average Bonchev–Trinajstić information content (AvgIpc) is 2.71. The van der Waals surface area contributed by atoms with Crippen LogP contribution in [0.3, 0.4) is 0 Å². The van der Waals surface area contributed by atoms with Gasteiger partial charge in [-0.25, -0.2) is 9.59 Å². The minimum Gasteiger partial charge on any atom is -0.479 e. The number of anilines is 2. The highest BCUT2D eigenvalue weighted by Crippen LogP contribution is 2.33. The van der Waals surface area contributed by atoms with Crippen LogP contribution in [0.2, 0.25) is 0 Å². The van der Waals surface area contributed by atoms with E-state index in [1.54, 1.807) is 49.4 Å². The van der Waals surface area contributed by atoms with E-state index in [0.29, 0.717) is 29.0 Å². The van der Waals surface area contributed by atoms with Crippen LogP contribution in [-0.2, 0) is 10.3 Å². The van der Waals surface area contributed by atoms with Crippen LogP contribution in [0.5, 0.6) is 0 Å². The number of nitrogens with one attached hydrogen (secondary N) is 4. The molecule has 0 bridgehead atoms. The Morgan fingerprint density at radius 1 is 1.10 bits per heavy atom. The Morgan fingerprint density at radius 2 is 1.77 bits per heavy atom.